The molecule has 4 aromatic rings. The van der Waals surface area contributed by atoms with E-state index in [4.69, 9.17) is 0 Å². The number of carbonyl (C=O) groups is 1. The van der Waals surface area contributed by atoms with Gasteiger partial charge in [-0.05, 0) is 54.7 Å². The highest BCUT2D eigenvalue weighted by Gasteiger charge is 2.28. The molecule has 2 aliphatic rings. The molecule has 0 radical (unpaired) electrons. The largest absolute Gasteiger partial charge is 0.393 e. The van der Waals surface area contributed by atoms with Gasteiger partial charge in [0.1, 0.15) is 17.3 Å². The van der Waals surface area contributed by atoms with Crippen molar-refractivity contribution in [2.24, 2.45) is 7.05 Å². The second kappa shape index (κ2) is 8.22. The maximum absolute atomic E-state index is 12.9. The summed E-state index contributed by atoms with van der Waals surface area (Å²) in [4.78, 5) is 28.8. The van der Waals surface area contributed by atoms with Crippen LogP contribution in [0.4, 0.5) is 17.3 Å². The van der Waals surface area contributed by atoms with Crippen LogP contribution in [0.5, 0.6) is 0 Å². The molecule has 0 spiro atoms. The summed E-state index contributed by atoms with van der Waals surface area (Å²) in [5.41, 5.74) is 5.45. The summed E-state index contributed by atoms with van der Waals surface area (Å²) in [6.45, 7) is 1.60. The summed E-state index contributed by atoms with van der Waals surface area (Å²) in [7, 11) is 1.98. The van der Waals surface area contributed by atoms with Gasteiger partial charge >= 0.3 is 0 Å². The number of rotatable bonds is 4. The van der Waals surface area contributed by atoms with E-state index in [9.17, 15) is 9.90 Å². The number of Topliss-reactive ketones (excluding diaryl/α,β-unsaturated/α-hetero) is 1. The van der Waals surface area contributed by atoms with Crippen molar-refractivity contribution in [3.05, 3.63) is 60.2 Å². The molecule has 34 heavy (non-hydrogen) atoms. The van der Waals surface area contributed by atoms with E-state index >= 15 is 0 Å². The molecule has 1 aliphatic heterocycles. The molecule has 1 aliphatic carbocycles. The van der Waals surface area contributed by atoms with Gasteiger partial charge in [-0.15, -0.1) is 0 Å². The molecule has 0 bridgehead atoms. The van der Waals surface area contributed by atoms with Crippen LogP contribution in [0.25, 0.3) is 22.2 Å². The Kier molecular flexibility index (Phi) is 5.03. The van der Waals surface area contributed by atoms with E-state index in [1.165, 1.54) is 0 Å². The highest BCUT2D eigenvalue weighted by atomic mass is 16.3. The van der Waals surface area contributed by atoms with Gasteiger partial charge in [0.15, 0.2) is 5.78 Å². The molecule has 8 heteroatoms. The Morgan fingerprint density at radius 1 is 1.00 bits per heavy atom. The number of nitrogens with one attached hydrogen (secondary N) is 1. The van der Waals surface area contributed by atoms with Crippen molar-refractivity contribution in [2.45, 2.75) is 31.8 Å². The maximum Gasteiger partial charge on any atom is 0.167 e. The maximum atomic E-state index is 12.9. The van der Waals surface area contributed by atoms with Crippen molar-refractivity contribution < 1.29 is 9.90 Å². The first-order valence-electron chi connectivity index (χ1n) is 11.7. The summed E-state index contributed by atoms with van der Waals surface area (Å²) in [5, 5.41) is 14.1. The monoisotopic (exact) mass is 454 g/mol. The lowest BCUT2D eigenvalue weighted by Crippen LogP contribution is -2.36. The Hall–Kier alpha value is -3.78. The number of aryl methyl sites for hydroxylation is 1. The first kappa shape index (κ1) is 20.8. The van der Waals surface area contributed by atoms with E-state index in [1.54, 1.807) is 6.20 Å². The minimum absolute atomic E-state index is 0.113. The van der Waals surface area contributed by atoms with Crippen molar-refractivity contribution in [1.29, 1.82) is 0 Å². The van der Waals surface area contributed by atoms with Crippen LogP contribution in [0.3, 0.4) is 0 Å². The van der Waals surface area contributed by atoms with E-state index in [1.807, 2.05) is 48.4 Å². The van der Waals surface area contributed by atoms with E-state index in [-0.39, 0.29) is 11.9 Å². The molecule has 1 saturated heterocycles. The zero-order chi connectivity index (χ0) is 23.2. The molecule has 0 aromatic carbocycles. The molecule has 0 saturated carbocycles. The van der Waals surface area contributed by atoms with Crippen molar-refractivity contribution in [3.8, 4) is 11.1 Å². The fourth-order valence-electron chi connectivity index (χ4n) is 5.08. The average Bonchev–Trinajstić information content (AvgIpc) is 3.44. The number of carbonyl (C=O) groups excluding carboxylic acids is 1. The topological polar surface area (TPSA) is 96.2 Å². The third-order valence-electron chi connectivity index (χ3n) is 6.92. The fraction of sp³-hybridized carbons (Fsp3) is 0.308. The predicted molar refractivity (Wildman–Crippen MR) is 132 cm³/mol. The van der Waals surface area contributed by atoms with Crippen LogP contribution >= 0.6 is 0 Å². The van der Waals surface area contributed by atoms with E-state index in [2.05, 4.69) is 31.2 Å². The van der Waals surface area contributed by atoms with Gasteiger partial charge in [0, 0.05) is 56.1 Å². The molecule has 6 rings (SSSR count). The number of aliphatic hydroxyl groups is 1. The highest BCUT2D eigenvalue weighted by Crippen LogP contribution is 2.38. The number of aliphatic hydroxyl groups excluding tert-OH is 1. The van der Waals surface area contributed by atoms with Crippen LogP contribution in [-0.2, 0) is 13.5 Å². The van der Waals surface area contributed by atoms with E-state index in [0.717, 1.165) is 65.2 Å². The van der Waals surface area contributed by atoms with Gasteiger partial charge in [0.05, 0.1) is 23.6 Å². The van der Waals surface area contributed by atoms with Gasteiger partial charge in [-0.2, -0.15) is 0 Å². The summed E-state index contributed by atoms with van der Waals surface area (Å²) < 4.78 is 2.00. The number of ketones is 1. The molecule has 0 unspecified atom stereocenters. The Morgan fingerprint density at radius 3 is 2.65 bits per heavy atom. The van der Waals surface area contributed by atoms with Gasteiger partial charge in [0.25, 0.3) is 0 Å². The molecule has 2 N–H and O–H groups in total. The average molecular weight is 455 g/mol. The van der Waals surface area contributed by atoms with E-state index in [0.29, 0.717) is 24.2 Å². The van der Waals surface area contributed by atoms with Crippen LogP contribution in [-0.4, -0.2) is 49.6 Å². The Bertz CT molecular complexity index is 1390. The van der Waals surface area contributed by atoms with Gasteiger partial charge in [-0.3, -0.25) is 4.79 Å². The second-order valence-corrected chi connectivity index (χ2v) is 9.07. The molecular weight excluding hydrogens is 428 g/mol. The van der Waals surface area contributed by atoms with Crippen molar-refractivity contribution in [1.82, 2.24) is 19.5 Å². The molecular formula is C26H26N6O2. The minimum Gasteiger partial charge on any atom is -0.393 e. The summed E-state index contributed by atoms with van der Waals surface area (Å²) in [6, 6.07) is 7.99. The number of pyridine rings is 3. The van der Waals surface area contributed by atoms with Gasteiger partial charge < -0.3 is 19.9 Å². The Balaban J connectivity index is 1.32. The number of piperidine rings is 1. The minimum atomic E-state index is -0.212. The first-order valence-corrected chi connectivity index (χ1v) is 11.7. The molecule has 8 nitrogen and oxygen atoms in total. The number of hydrogen-bond donors (Lipinski definition) is 2. The standard InChI is InChI=1S/C26H26N6O2/c1-31-11-9-20-18(6-10-27-26(20)31)21-15-29-25(24-19(21)3-4-22(24)34)30-16-2-5-23(28-14-16)32-12-7-17(33)8-13-32/h2,5-6,9-11,14-15,17,33H,3-4,7-8,12-13H2,1H3,(H,29,30). The first-order chi connectivity index (χ1) is 16.6. The number of aromatic nitrogens is 4. The SMILES string of the molecule is Cn1ccc2c(-c3cnc(Nc4ccc(N5CCC(O)CC5)nc4)c4c3CCC4=O)ccnc21. The van der Waals surface area contributed by atoms with Gasteiger partial charge in [-0.25, -0.2) is 15.0 Å². The Morgan fingerprint density at radius 2 is 1.85 bits per heavy atom. The Labute approximate surface area is 197 Å². The summed E-state index contributed by atoms with van der Waals surface area (Å²) >= 11 is 0. The van der Waals surface area contributed by atoms with Crippen LogP contribution < -0.4 is 10.2 Å². The van der Waals surface area contributed by atoms with E-state index < -0.39 is 0 Å². The zero-order valence-corrected chi connectivity index (χ0v) is 19.0. The predicted octanol–water partition coefficient (Wildman–Crippen LogP) is 3.86. The summed E-state index contributed by atoms with van der Waals surface area (Å²) in [5.74, 6) is 1.59. The zero-order valence-electron chi connectivity index (χ0n) is 19.0. The van der Waals surface area contributed by atoms with Crippen LogP contribution in [0.1, 0.15) is 35.2 Å². The van der Waals surface area contributed by atoms with Gasteiger partial charge in [0.2, 0.25) is 0 Å². The van der Waals surface area contributed by atoms with Crippen LogP contribution in [0.2, 0.25) is 0 Å². The summed E-state index contributed by atoms with van der Waals surface area (Å²) in [6.07, 6.45) is 9.95. The lowest BCUT2D eigenvalue weighted by Gasteiger charge is -2.30. The van der Waals surface area contributed by atoms with Crippen LogP contribution in [0.15, 0.2) is 49.1 Å². The molecule has 0 amide bonds. The van der Waals surface area contributed by atoms with Crippen LogP contribution in [0, 0.1) is 0 Å². The molecule has 0 atom stereocenters. The molecule has 172 valence electrons. The number of anilines is 3. The normalized spacial score (nSPS) is 16.3. The molecule has 1 fully saturated rings. The molecule has 4 aromatic heterocycles. The third-order valence-corrected chi connectivity index (χ3v) is 6.92. The fourth-order valence-corrected chi connectivity index (χ4v) is 5.08. The quantitative estimate of drug-likeness (QED) is 0.483. The van der Waals surface area contributed by atoms with Crippen molar-refractivity contribution in [3.63, 3.8) is 0 Å². The van der Waals surface area contributed by atoms with Crippen molar-refractivity contribution in [2.75, 3.05) is 23.3 Å². The number of fused-ring (bicyclic) bond motifs is 2. The lowest BCUT2D eigenvalue weighted by molar-refractivity contribution is 0.0995. The highest BCUT2D eigenvalue weighted by molar-refractivity contribution is 6.08. The molecule has 5 heterocycles. The van der Waals surface area contributed by atoms with Gasteiger partial charge in [-0.1, -0.05) is 0 Å². The van der Waals surface area contributed by atoms with Crippen molar-refractivity contribution >= 4 is 34.1 Å². The smallest absolute Gasteiger partial charge is 0.167 e. The third kappa shape index (κ3) is 3.51. The number of nitrogens with zero attached hydrogens (tertiary/aromatic N) is 5. The second-order valence-electron chi connectivity index (χ2n) is 9.07. The lowest BCUT2D eigenvalue weighted by atomic mass is 9.97. The number of hydrogen-bond acceptors (Lipinski definition) is 7.